The van der Waals surface area contributed by atoms with E-state index in [1.165, 1.54) is 11.8 Å². The first-order chi connectivity index (χ1) is 15.0. The maximum atomic E-state index is 12.7. The van der Waals surface area contributed by atoms with E-state index in [0.717, 1.165) is 16.9 Å². The van der Waals surface area contributed by atoms with E-state index in [0.29, 0.717) is 28.2 Å². The summed E-state index contributed by atoms with van der Waals surface area (Å²) in [5.74, 6) is 1.34. The molecule has 1 atom stereocenters. The summed E-state index contributed by atoms with van der Waals surface area (Å²) in [5.41, 5.74) is 2.65. The molecular weight excluding hydrogens is 432 g/mol. The summed E-state index contributed by atoms with van der Waals surface area (Å²) in [6, 6.07) is 19.0. The minimum atomic E-state index is -0.393. The van der Waals surface area contributed by atoms with Crippen molar-refractivity contribution in [1.82, 2.24) is 14.8 Å². The van der Waals surface area contributed by atoms with E-state index in [9.17, 15) is 4.79 Å². The van der Waals surface area contributed by atoms with Gasteiger partial charge in [-0.3, -0.25) is 9.36 Å². The van der Waals surface area contributed by atoms with Gasteiger partial charge in [0.1, 0.15) is 5.76 Å². The van der Waals surface area contributed by atoms with Crippen LogP contribution in [0.3, 0.4) is 0 Å². The van der Waals surface area contributed by atoms with E-state index in [-0.39, 0.29) is 5.91 Å². The second-order valence-corrected chi connectivity index (χ2v) is 8.77. The number of benzene rings is 2. The molecule has 4 aromatic rings. The number of aromatic nitrogens is 3. The highest BCUT2D eigenvalue weighted by atomic mass is 35.5. The predicted molar refractivity (Wildman–Crippen MR) is 123 cm³/mol. The van der Waals surface area contributed by atoms with Crippen LogP contribution in [0.2, 0.25) is 5.02 Å². The Labute approximate surface area is 189 Å². The van der Waals surface area contributed by atoms with Gasteiger partial charge >= 0.3 is 0 Å². The monoisotopic (exact) mass is 452 g/mol. The van der Waals surface area contributed by atoms with Crippen molar-refractivity contribution in [3.8, 4) is 11.4 Å². The number of halogens is 1. The Morgan fingerprint density at radius 3 is 2.68 bits per heavy atom. The van der Waals surface area contributed by atoms with Crippen molar-refractivity contribution < 1.29 is 9.21 Å². The number of amides is 1. The molecule has 4 rings (SSSR count). The zero-order valence-corrected chi connectivity index (χ0v) is 18.7. The fraction of sp³-hybridized carbons (Fsp3) is 0.174. The molecule has 0 aliphatic heterocycles. The van der Waals surface area contributed by atoms with Gasteiger partial charge in [0, 0.05) is 10.7 Å². The second kappa shape index (κ2) is 9.41. The van der Waals surface area contributed by atoms with Crippen LogP contribution in [-0.2, 0) is 11.3 Å². The minimum absolute atomic E-state index is 0.137. The highest BCUT2D eigenvalue weighted by Crippen LogP contribution is 2.30. The van der Waals surface area contributed by atoms with Gasteiger partial charge in [0.2, 0.25) is 5.91 Å². The number of anilines is 1. The molecular formula is C23H21ClN4O2S. The lowest BCUT2D eigenvalue weighted by Crippen LogP contribution is -2.23. The topological polar surface area (TPSA) is 72.9 Å². The van der Waals surface area contributed by atoms with Crippen molar-refractivity contribution in [2.45, 2.75) is 30.8 Å². The second-order valence-electron chi connectivity index (χ2n) is 7.03. The van der Waals surface area contributed by atoms with E-state index in [4.69, 9.17) is 16.0 Å². The molecule has 31 heavy (non-hydrogen) atoms. The van der Waals surface area contributed by atoms with E-state index in [1.807, 2.05) is 42.7 Å². The predicted octanol–water partition coefficient (Wildman–Crippen LogP) is 5.67. The number of carbonyl (C=O) groups is 1. The lowest BCUT2D eigenvalue weighted by atomic mass is 10.2. The Balaban J connectivity index is 1.59. The third-order valence-electron chi connectivity index (χ3n) is 4.74. The van der Waals surface area contributed by atoms with Crippen molar-refractivity contribution in [2.24, 2.45) is 0 Å². The lowest BCUT2D eigenvalue weighted by molar-refractivity contribution is -0.115. The molecule has 1 N–H and O–H groups in total. The van der Waals surface area contributed by atoms with Crippen LogP contribution in [0.4, 0.5) is 5.69 Å². The largest absolute Gasteiger partial charge is 0.469 e. The number of nitrogens with zero attached hydrogens (tertiary/aromatic N) is 3. The highest BCUT2D eigenvalue weighted by Gasteiger charge is 2.22. The van der Waals surface area contributed by atoms with Crippen molar-refractivity contribution in [1.29, 1.82) is 0 Å². The first-order valence-corrected chi connectivity index (χ1v) is 11.0. The van der Waals surface area contributed by atoms with E-state index in [2.05, 4.69) is 27.6 Å². The van der Waals surface area contributed by atoms with Gasteiger partial charge in [0.05, 0.1) is 23.6 Å². The van der Waals surface area contributed by atoms with Gasteiger partial charge < -0.3 is 9.73 Å². The molecule has 0 spiro atoms. The van der Waals surface area contributed by atoms with Crippen molar-refractivity contribution in [3.63, 3.8) is 0 Å². The molecule has 2 aromatic heterocycles. The van der Waals surface area contributed by atoms with Gasteiger partial charge in [-0.1, -0.05) is 59.8 Å². The van der Waals surface area contributed by atoms with Crippen molar-refractivity contribution >= 4 is 35.0 Å². The van der Waals surface area contributed by atoms with Gasteiger partial charge in [-0.25, -0.2) is 0 Å². The third-order valence-corrected chi connectivity index (χ3v) is 6.06. The molecule has 1 amide bonds. The molecule has 6 nitrogen and oxygen atoms in total. The molecule has 158 valence electrons. The number of hydrogen-bond donors (Lipinski definition) is 1. The molecule has 0 aliphatic carbocycles. The number of aryl methyl sites for hydroxylation is 1. The van der Waals surface area contributed by atoms with Crippen LogP contribution in [-0.4, -0.2) is 25.9 Å². The van der Waals surface area contributed by atoms with Gasteiger partial charge in [-0.2, -0.15) is 0 Å². The van der Waals surface area contributed by atoms with Crippen LogP contribution in [0.1, 0.15) is 18.2 Å². The Hall–Kier alpha value is -3.03. The van der Waals surface area contributed by atoms with E-state index in [1.54, 1.807) is 30.5 Å². The number of hydrogen-bond acceptors (Lipinski definition) is 5. The highest BCUT2D eigenvalue weighted by molar-refractivity contribution is 8.00. The van der Waals surface area contributed by atoms with Crippen LogP contribution in [0.5, 0.6) is 0 Å². The number of furan rings is 1. The maximum Gasteiger partial charge on any atom is 0.237 e. The SMILES string of the molecule is Cc1occc1-c1nnc(S[C@@H](C)C(=O)Nc2cccc(Cl)c2)n1Cc1ccccc1. The number of thioether (sulfide) groups is 1. The molecule has 0 saturated carbocycles. The van der Waals surface area contributed by atoms with E-state index >= 15 is 0 Å². The molecule has 2 aromatic carbocycles. The zero-order chi connectivity index (χ0) is 21.8. The van der Waals surface area contributed by atoms with Crippen LogP contribution in [0, 0.1) is 6.92 Å². The molecule has 0 saturated heterocycles. The number of rotatable bonds is 7. The van der Waals surface area contributed by atoms with Gasteiger partial charge in [0.15, 0.2) is 11.0 Å². The summed E-state index contributed by atoms with van der Waals surface area (Å²) in [7, 11) is 0. The average Bonchev–Trinajstić information content (AvgIpc) is 3.34. The van der Waals surface area contributed by atoms with Gasteiger partial charge in [0.25, 0.3) is 0 Å². The Kier molecular flexibility index (Phi) is 6.44. The molecule has 0 radical (unpaired) electrons. The number of carbonyl (C=O) groups excluding carboxylic acids is 1. The van der Waals surface area contributed by atoms with Crippen LogP contribution < -0.4 is 5.32 Å². The van der Waals surface area contributed by atoms with Gasteiger partial charge in [-0.05, 0) is 43.7 Å². The third kappa shape index (κ3) is 5.00. The smallest absolute Gasteiger partial charge is 0.237 e. The summed E-state index contributed by atoms with van der Waals surface area (Å²) in [5, 5.41) is 12.5. The Morgan fingerprint density at radius 2 is 1.97 bits per heavy atom. The molecule has 0 aliphatic rings. The summed E-state index contributed by atoms with van der Waals surface area (Å²) >= 11 is 7.37. The maximum absolute atomic E-state index is 12.7. The van der Waals surface area contributed by atoms with Crippen LogP contribution >= 0.6 is 23.4 Å². The summed E-state index contributed by atoms with van der Waals surface area (Å²) in [4.78, 5) is 12.7. The standard InChI is InChI=1S/C23H21ClN4O2S/c1-15-20(11-12-30-15)21-26-27-23(28(21)14-17-7-4-3-5-8-17)31-16(2)22(29)25-19-10-6-9-18(24)13-19/h3-13,16H,14H2,1-2H3,(H,25,29)/t16-/m0/s1. The average molecular weight is 453 g/mol. The van der Waals surface area contributed by atoms with E-state index < -0.39 is 5.25 Å². The molecule has 0 unspecified atom stereocenters. The van der Waals surface area contributed by atoms with Crippen LogP contribution in [0.15, 0.2) is 76.5 Å². The summed E-state index contributed by atoms with van der Waals surface area (Å²) in [6.45, 7) is 4.32. The molecule has 8 heteroatoms. The van der Waals surface area contributed by atoms with Crippen molar-refractivity contribution in [3.05, 3.63) is 83.3 Å². The number of nitrogens with one attached hydrogen (secondary N) is 1. The Morgan fingerprint density at radius 1 is 1.16 bits per heavy atom. The lowest BCUT2D eigenvalue weighted by Gasteiger charge is -2.14. The minimum Gasteiger partial charge on any atom is -0.469 e. The van der Waals surface area contributed by atoms with Gasteiger partial charge in [-0.15, -0.1) is 10.2 Å². The molecule has 0 fully saturated rings. The fourth-order valence-corrected chi connectivity index (χ4v) is 4.16. The summed E-state index contributed by atoms with van der Waals surface area (Å²) in [6.07, 6.45) is 1.64. The van der Waals surface area contributed by atoms with Crippen molar-refractivity contribution in [2.75, 3.05) is 5.32 Å². The quantitative estimate of drug-likeness (QED) is 0.366. The first kappa shape index (κ1) is 21.2. The first-order valence-electron chi connectivity index (χ1n) is 9.76. The molecule has 2 heterocycles. The summed E-state index contributed by atoms with van der Waals surface area (Å²) < 4.78 is 7.48. The fourth-order valence-electron chi connectivity index (χ4n) is 3.12. The zero-order valence-electron chi connectivity index (χ0n) is 17.1. The Bertz CT molecular complexity index is 1190. The molecule has 0 bridgehead atoms. The normalized spacial score (nSPS) is 12.0. The van der Waals surface area contributed by atoms with Crippen LogP contribution in [0.25, 0.3) is 11.4 Å².